The van der Waals surface area contributed by atoms with Crippen LogP contribution in [0.25, 0.3) is 0 Å². The van der Waals surface area contributed by atoms with Gasteiger partial charge in [0.2, 0.25) is 0 Å². The van der Waals surface area contributed by atoms with Crippen molar-refractivity contribution in [2.45, 2.75) is 40.4 Å². The molecule has 0 saturated heterocycles. The van der Waals surface area contributed by atoms with Crippen LogP contribution in [-0.2, 0) is 19.6 Å². The number of aromatic nitrogens is 2. The molecule has 0 aliphatic rings. The van der Waals surface area contributed by atoms with Crippen molar-refractivity contribution in [3.63, 3.8) is 0 Å². The molecule has 2 rings (SSSR count). The minimum Gasteiger partial charge on any atom is -0.394 e. The van der Waals surface area contributed by atoms with Gasteiger partial charge in [-0.25, -0.2) is 0 Å². The molecule has 0 saturated carbocycles. The van der Waals surface area contributed by atoms with Crippen molar-refractivity contribution in [2.75, 3.05) is 13.2 Å². The number of amides is 1. The summed E-state index contributed by atoms with van der Waals surface area (Å²) in [4.78, 5) is 11.9. The van der Waals surface area contributed by atoms with Crippen LogP contribution in [0.5, 0.6) is 0 Å². The monoisotopic (exact) mass is 330 g/mol. The molecule has 0 atom stereocenters. The summed E-state index contributed by atoms with van der Waals surface area (Å²) in [6.45, 7) is 8.51. The number of nitrogens with zero attached hydrogens (tertiary/aromatic N) is 2. The summed E-state index contributed by atoms with van der Waals surface area (Å²) in [6, 6.07) is 7.64. The van der Waals surface area contributed by atoms with Crippen LogP contribution in [0.4, 0.5) is 0 Å². The van der Waals surface area contributed by atoms with E-state index in [0.29, 0.717) is 31.7 Å². The molecule has 0 aliphatic carbocycles. The van der Waals surface area contributed by atoms with Gasteiger partial charge in [0, 0.05) is 36.5 Å². The fourth-order valence-corrected chi connectivity index (χ4v) is 2.72. The van der Waals surface area contributed by atoms with E-state index < -0.39 is 0 Å². The van der Waals surface area contributed by atoms with Crippen molar-refractivity contribution < 1.29 is 9.90 Å². The highest BCUT2D eigenvalue weighted by atomic mass is 16.3. The van der Waals surface area contributed by atoms with Crippen LogP contribution < -0.4 is 10.6 Å². The largest absolute Gasteiger partial charge is 0.394 e. The Morgan fingerprint density at radius 3 is 2.79 bits per heavy atom. The Morgan fingerprint density at radius 1 is 1.29 bits per heavy atom. The van der Waals surface area contributed by atoms with E-state index in [1.54, 1.807) is 0 Å². The number of rotatable bonds is 8. The lowest BCUT2D eigenvalue weighted by Crippen LogP contribution is -2.23. The molecule has 24 heavy (non-hydrogen) atoms. The van der Waals surface area contributed by atoms with E-state index in [0.717, 1.165) is 22.5 Å². The molecule has 1 amide bonds. The second-order valence-electron chi connectivity index (χ2n) is 5.76. The minimum atomic E-state index is -0.0451. The topological polar surface area (TPSA) is 79.2 Å². The molecule has 1 aromatic carbocycles. The summed E-state index contributed by atoms with van der Waals surface area (Å²) in [5.74, 6) is -0.0451. The molecular formula is C18H26N4O2. The number of benzene rings is 1. The van der Waals surface area contributed by atoms with Gasteiger partial charge in [0.25, 0.3) is 5.91 Å². The average Bonchev–Trinajstić information content (AvgIpc) is 2.83. The van der Waals surface area contributed by atoms with Crippen LogP contribution in [0.1, 0.15) is 39.8 Å². The third kappa shape index (κ3) is 4.43. The molecule has 0 unspecified atom stereocenters. The van der Waals surface area contributed by atoms with E-state index >= 15 is 0 Å². The van der Waals surface area contributed by atoms with Gasteiger partial charge in [0.15, 0.2) is 0 Å². The van der Waals surface area contributed by atoms with E-state index in [4.69, 9.17) is 5.11 Å². The second kappa shape index (κ2) is 8.61. The predicted octanol–water partition coefficient (Wildman–Crippen LogP) is 1.53. The molecule has 3 N–H and O–H groups in total. The summed E-state index contributed by atoms with van der Waals surface area (Å²) in [6.07, 6.45) is 0. The standard InChI is InChI=1S/C18H26N4O2/c1-4-20-18(24)16-7-5-6-15(10-16)11-19-12-17-13(2)21-22(8-9-23)14(17)3/h5-7,10,19,23H,4,8-9,11-12H2,1-3H3,(H,20,24). The average molecular weight is 330 g/mol. The van der Waals surface area contributed by atoms with Gasteiger partial charge < -0.3 is 15.7 Å². The Hall–Kier alpha value is -2.18. The zero-order valence-electron chi connectivity index (χ0n) is 14.6. The van der Waals surface area contributed by atoms with Crippen molar-refractivity contribution in [1.29, 1.82) is 0 Å². The molecule has 1 heterocycles. The molecule has 130 valence electrons. The molecule has 0 bridgehead atoms. The number of nitrogens with one attached hydrogen (secondary N) is 2. The minimum absolute atomic E-state index is 0.0451. The molecule has 0 fully saturated rings. The summed E-state index contributed by atoms with van der Waals surface area (Å²) < 4.78 is 1.84. The third-order valence-corrected chi connectivity index (χ3v) is 4.00. The highest BCUT2D eigenvalue weighted by Crippen LogP contribution is 2.13. The number of aliphatic hydroxyl groups excluding tert-OH is 1. The van der Waals surface area contributed by atoms with Gasteiger partial charge in [-0.2, -0.15) is 5.10 Å². The van der Waals surface area contributed by atoms with Crippen LogP contribution in [0.3, 0.4) is 0 Å². The Kier molecular flexibility index (Phi) is 6.52. The maximum atomic E-state index is 11.9. The lowest BCUT2D eigenvalue weighted by atomic mass is 10.1. The summed E-state index contributed by atoms with van der Waals surface area (Å²) in [7, 11) is 0. The Balaban J connectivity index is 1.97. The summed E-state index contributed by atoms with van der Waals surface area (Å²) >= 11 is 0. The van der Waals surface area contributed by atoms with E-state index in [-0.39, 0.29) is 12.5 Å². The first kappa shape index (κ1) is 18.2. The zero-order valence-corrected chi connectivity index (χ0v) is 14.6. The first-order chi connectivity index (χ1) is 11.6. The van der Waals surface area contributed by atoms with Crippen LogP contribution in [-0.4, -0.2) is 33.9 Å². The lowest BCUT2D eigenvalue weighted by molar-refractivity contribution is 0.0955. The van der Waals surface area contributed by atoms with Gasteiger partial charge in [-0.05, 0) is 38.5 Å². The molecule has 1 aromatic heterocycles. The van der Waals surface area contributed by atoms with Gasteiger partial charge in [0.05, 0.1) is 18.8 Å². The molecule has 2 aromatic rings. The number of hydrogen-bond acceptors (Lipinski definition) is 4. The number of aryl methyl sites for hydroxylation is 1. The van der Waals surface area contributed by atoms with Gasteiger partial charge in [0.1, 0.15) is 0 Å². The van der Waals surface area contributed by atoms with E-state index in [1.807, 2.05) is 49.7 Å². The first-order valence-corrected chi connectivity index (χ1v) is 8.28. The highest BCUT2D eigenvalue weighted by molar-refractivity contribution is 5.94. The number of carbonyl (C=O) groups excluding carboxylic acids is 1. The van der Waals surface area contributed by atoms with Crippen LogP contribution in [0.15, 0.2) is 24.3 Å². The highest BCUT2D eigenvalue weighted by Gasteiger charge is 2.11. The van der Waals surface area contributed by atoms with E-state index in [9.17, 15) is 4.79 Å². The van der Waals surface area contributed by atoms with Gasteiger partial charge >= 0.3 is 0 Å². The number of hydrogen-bond donors (Lipinski definition) is 3. The quantitative estimate of drug-likeness (QED) is 0.686. The van der Waals surface area contributed by atoms with Gasteiger partial charge in [-0.1, -0.05) is 12.1 Å². The van der Waals surface area contributed by atoms with Gasteiger partial charge in [-0.15, -0.1) is 0 Å². The molecule has 6 heteroatoms. The molecule has 6 nitrogen and oxygen atoms in total. The first-order valence-electron chi connectivity index (χ1n) is 8.28. The number of carbonyl (C=O) groups is 1. The molecular weight excluding hydrogens is 304 g/mol. The van der Waals surface area contributed by atoms with Crippen molar-refractivity contribution in [3.05, 3.63) is 52.3 Å². The van der Waals surface area contributed by atoms with Crippen molar-refractivity contribution in [1.82, 2.24) is 20.4 Å². The second-order valence-corrected chi connectivity index (χ2v) is 5.76. The van der Waals surface area contributed by atoms with Crippen molar-refractivity contribution in [2.24, 2.45) is 0 Å². The Morgan fingerprint density at radius 2 is 2.08 bits per heavy atom. The molecule has 0 aliphatic heterocycles. The van der Waals surface area contributed by atoms with Crippen LogP contribution >= 0.6 is 0 Å². The fourth-order valence-electron chi connectivity index (χ4n) is 2.72. The Labute approximate surface area is 142 Å². The van der Waals surface area contributed by atoms with Crippen molar-refractivity contribution >= 4 is 5.91 Å². The van der Waals surface area contributed by atoms with E-state index in [2.05, 4.69) is 15.7 Å². The normalized spacial score (nSPS) is 10.8. The molecule has 0 spiro atoms. The number of aliphatic hydroxyl groups is 1. The third-order valence-electron chi connectivity index (χ3n) is 4.00. The SMILES string of the molecule is CCNC(=O)c1cccc(CNCc2c(C)nn(CCO)c2C)c1. The van der Waals surface area contributed by atoms with Gasteiger partial charge in [-0.3, -0.25) is 9.48 Å². The smallest absolute Gasteiger partial charge is 0.251 e. The Bertz CT molecular complexity index is 694. The summed E-state index contributed by atoms with van der Waals surface area (Å²) in [5.41, 5.74) is 4.95. The van der Waals surface area contributed by atoms with Crippen LogP contribution in [0, 0.1) is 13.8 Å². The van der Waals surface area contributed by atoms with Crippen molar-refractivity contribution in [3.8, 4) is 0 Å². The lowest BCUT2D eigenvalue weighted by Gasteiger charge is -2.08. The summed E-state index contributed by atoms with van der Waals surface area (Å²) in [5, 5.41) is 19.7. The fraction of sp³-hybridized carbons (Fsp3) is 0.444. The zero-order chi connectivity index (χ0) is 17.5. The maximum absolute atomic E-state index is 11.9. The van der Waals surface area contributed by atoms with Crippen LogP contribution in [0.2, 0.25) is 0 Å². The maximum Gasteiger partial charge on any atom is 0.251 e. The van der Waals surface area contributed by atoms with E-state index in [1.165, 1.54) is 0 Å². The molecule has 0 radical (unpaired) electrons. The predicted molar refractivity (Wildman–Crippen MR) is 93.8 cm³/mol.